The highest BCUT2D eigenvalue weighted by molar-refractivity contribution is 6.30. The van der Waals surface area contributed by atoms with E-state index in [9.17, 15) is 14.4 Å². The van der Waals surface area contributed by atoms with E-state index in [4.69, 9.17) is 10.5 Å². The first-order valence-corrected chi connectivity index (χ1v) is 8.40. The zero-order valence-corrected chi connectivity index (χ0v) is 14.6. The molecule has 0 aromatic heterocycles. The molecule has 0 bridgehead atoms. The number of anilines is 1. The maximum atomic E-state index is 12.9. The van der Waals surface area contributed by atoms with E-state index in [0.717, 1.165) is 0 Å². The molecule has 0 radical (unpaired) electrons. The van der Waals surface area contributed by atoms with Gasteiger partial charge in [0.25, 0.3) is 0 Å². The molecule has 3 rings (SSSR count). The second kappa shape index (κ2) is 7.09. The molecule has 6 heteroatoms. The predicted molar refractivity (Wildman–Crippen MR) is 97.4 cm³/mol. The summed E-state index contributed by atoms with van der Waals surface area (Å²) in [6.45, 7) is 3.47. The number of hydrogen-bond acceptors (Lipinski definition) is 6. The van der Waals surface area contributed by atoms with Crippen molar-refractivity contribution in [3.8, 4) is 0 Å². The van der Waals surface area contributed by atoms with Gasteiger partial charge < -0.3 is 15.8 Å². The lowest BCUT2D eigenvalue weighted by Gasteiger charge is -2.23. The first-order chi connectivity index (χ1) is 12.4. The molecule has 0 unspecified atom stereocenters. The highest BCUT2D eigenvalue weighted by Gasteiger charge is 2.31. The Balaban J connectivity index is 1.86. The SMILES string of the molecule is C[C@H](N)C(=O)OC[C@H](C)Nc1cccc2c1C(=O)c1ccccc1C2=O. The van der Waals surface area contributed by atoms with Crippen molar-refractivity contribution in [3.05, 3.63) is 64.7 Å². The Hall–Kier alpha value is -2.99. The van der Waals surface area contributed by atoms with Gasteiger partial charge in [0, 0.05) is 22.4 Å². The molecular formula is C20H20N2O4. The van der Waals surface area contributed by atoms with Crippen LogP contribution in [0.2, 0.25) is 0 Å². The van der Waals surface area contributed by atoms with Gasteiger partial charge in [-0.3, -0.25) is 14.4 Å². The average molecular weight is 352 g/mol. The lowest BCUT2D eigenvalue weighted by Crippen LogP contribution is -2.33. The Morgan fingerprint density at radius 2 is 1.62 bits per heavy atom. The Kier molecular flexibility index (Phi) is 4.86. The molecule has 0 aliphatic heterocycles. The number of carbonyl (C=O) groups excluding carboxylic acids is 3. The maximum absolute atomic E-state index is 12.9. The van der Waals surface area contributed by atoms with Gasteiger partial charge >= 0.3 is 5.97 Å². The number of rotatable bonds is 5. The summed E-state index contributed by atoms with van der Waals surface area (Å²) in [7, 11) is 0. The van der Waals surface area contributed by atoms with Crippen LogP contribution in [0.15, 0.2) is 42.5 Å². The van der Waals surface area contributed by atoms with Gasteiger partial charge in [-0.15, -0.1) is 0 Å². The van der Waals surface area contributed by atoms with Gasteiger partial charge in [-0.05, 0) is 19.9 Å². The van der Waals surface area contributed by atoms with Gasteiger partial charge in [-0.25, -0.2) is 0 Å². The topological polar surface area (TPSA) is 98.5 Å². The molecule has 2 atom stereocenters. The zero-order chi connectivity index (χ0) is 18.8. The zero-order valence-electron chi connectivity index (χ0n) is 14.6. The summed E-state index contributed by atoms with van der Waals surface area (Å²) in [4.78, 5) is 37.1. The third-order valence-electron chi connectivity index (χ3n) is 4.20. The molecule has 134 valence electrons. The first-order valence-electron chi connectivity index (χ1n) is 8.40. The number of benzene rings is 2. The molecule has 0 fully saturated rings. The molecule has 0 saturated heterocycles. The van der Waals surface area contributed by atoms with Gasteiger partial charge in [0.2, 0.25) is 0 Å². The normalized spacial score (nSPS) is 14.9. The predicted octanol–water partition coefficient (Wildman–Crippen LogP) is 2.15. The summed E-state index contributed by atoms with van der Waals surface area (Å²) < 4.78 is 5.11. The Bertz CT molecular complexity index is 889. The van der Waals surface area contributed by atoms with Crippen LogP contribution in [0.4, 0.5) is 5.69 Å². The van der Waals surface area contributed by atoms with E-state index in [1.807, 2.05) is 6.92 Å². The third kappa shape index (κ3) is 3.23. The summed E-state index contributed by atoms with van der Waals surface area (Å²) in [5.41, 5.74) is 7.55. The fourth-order valence-corrected chi connectivity index (χ4v) is 2.91. The summed E-state index contributed by atoms with van der Waals surface area (Å²) in [6.07, 6.45) is 0. The monoisotopic (exact) mass is 352 g/mol. The van der Waals surface area contributed by atoms with Crippen molar-refractivity contribution in [2.45, 2.75) is 25.9 Å². The Morgan fingerprint density at radius 1 is 1.00 bits per heavy atom. The van der Waals surface area contributed by atoms with Crippen LogP contribution in [0.25, 0.3) is 0 Å². The highest BCUT2D eigenvalue weighted by atomic mass is 16.5. The van der Waals surface area contributed by atoms with Crippen LogP contribution >= 0.6 is 0 Å². The van der Waals surface area contributed by atoms with Crippen LogP contribution in [0, 0.1) is 0 Å². The average Bonchev–Trinajstić information content (AvgIpc) is 2.64. The van der Waals surface area contributed by atoms with Crippen molar-refractivity contribution in [2.24, 2.45) is 5.73 Å². The molecule has 26 heavy (non-hydrogen) atoms. The van der Waals surface area contributed by atoms with Crippen LogP contribution < -0.4 is 11.1 Å². The van der Waals surface area contributed by atoms with Gasteiger partial charge in [-0.1, -0.05) is 36.4 Å². The van der Waals surface area contributed by atoms with E-state index in [-0.39, 0.29) is 24.2 Å². The highest BCUT2D eigenvalue weighted by Crippen LogP contribution is 2.32. The lowest BCUT2D eigenvalue weighted by molar-refractivity contribution is -0.145. The summed E-state index contributed by atoms with van der Waals surface area (Å²) in [6, 6.07) is 11.0. The van der Waals surface area contributed by atoms with Gasteiger partial charge in [-0.2, -0.15) is 0 Å². The number of fused-ring (bicyclic) bond motifs is 2. The van der Waals surface area contributed by atoms with Crippen molar-refractivity contribution in [1.82, 2.24) is 0 Å². The van der Waals surface area contributed by atoms with Crippen LogP contribution in [0.1, 0.15) is 45.7 Å². The maximum Gasteiger partial charge on any atom is 0.322 e. The standard InChI is InChI=1S/C20H20N2O4/c1-11(10-26-20(25)12(2)21)22-16-9-5-8-15-17(16)19(24)14-7-4-3-6-13(14)18(15)23/h3-9,11-12,22H,10,21H2,1-2H3/t11-,12-/m0/s1. The second-order valence-corrected chi connectivity index (χ2v) is 6.40. The van der Waals surface area contributed by atoms with Gasteiger partial charge in [0.1, 0.15) is 12.6 Å². The van der Waals surface area contributed by atoms with E-state index in [1.54, 1.807) is 49.4 Å². The molecule has 3 N–H and O–H groups in total. The summed E-state index contributed by atoms with van der Waals surface area (Å²) in [5, 5.41) is 3.15. The van der Waals surface area contributed by atoms with Crippen LogP contribution in [0.5, 0.6) is 0 Å². The van der Waals surface area contributed by atoms with Crippen molar-refractivity contribution >= 4 is 23.2 Å². The number of nitrogens with one attached hydrogen (secondary N) is 1. The number of hydrogen-bond donors (Lipinski definition) is 2. The molecule has 2 aromatic rings. The van der Waals surface area contributed by atoms with Gasteiger partial charge in [0.15, 0.2) is 11.6 Å². The quantitative estimate of drug-likeness (QED) is 0.683. The lowest BCUT2D eigenvalue weighted by atomic mass is 9.83. The van der Waals surface area contributed by atoms with E-state index in [1.165, 1.54) is 0 Å². The van der Waals surface area contributed by atoms with Crippen molar-refractivity contribution < 1.29 is 19.1 Å². The largest absolute Gasteiger partial charge is 0.462 e. The minimum atomic E-state index is -0.692. The first kappa shape index (κ1) is 17.8. The van der Waals surface area contributed by atoms with Crippen LogP contribution in [-0.2, 0) is 9.53 Å². The number of nitrogens with two attached hydrogens (primary N) is 1. The number of ether oxygens (including phenoxy) is 1. The molecule has 0 saturated carbocycles. The molecule has 6 nitrogen and oxygen atoms in total. The van der Waals surface area contributed by atoms with E-state index in [0.29, 0.717) is 27.9 Å². The number of carbonyl (C=O) groups is 3. The van der Waals surface area contributed by atoms with E-state index in [2.05, 4.69) is 5.32 Å². The second-order valence-electron chi connectivity index (χ2n) is 6.40. The minimum Gasteiger partial charge on any atom is -0.462 e. The molecule has 1 aliphatic carbocycles. The molecule has 0 heterocycles. The molecule has 0 amide bonds. The molecular weight excluding hydrogens is 332 g/mol. The van der Waals surface area contributed by atoms with Crippen molar-refractivity contribution in [1.29, 1.82) is 0 Å². The fraction of sp³-hybridized carbons (Fsp3) is 0.250. The van der Waals surface area contributed by atoms with Gasteiger partial charge in [0.05, 0.1) is 11.6 Å². The molecule has 1 aliphatic rings. The van der Waals surface area contributed by atoms with E-state index >= 15 is 0 Å². The third-order valence-corrected chi connectivity index (χ3v) is 4.20. The van der Waals surface area contributed by atoms with E-state index < -0.39 is 12.0 Å². The van der Waals surface area contributed by atoms with Crippen LogP contribution in [-0.4, -0.2) is 36.2 Å². The number of esters is 1. The molecule has 2 aromatic carbocycles. The van der Waals surface area contributed by atoms with Crippen molar-refractivity contribution in [3.63, 3.8) is 0 Å². The number of ketones is 2. The Labute approximate surface area is 151 Å². The van der Waals surface area contributed by atoms with Crippen molar-refractivity contribution in [2.75, 3.05) is 11.9 Å². The molecule has 0 spiro atoms. The summed E-state index contributed by atoms with van der Waals surface area (Å²) in [5.74, 6) is -0.859. The smallest absolute Gasteiger partial charge is 0.322 e. The summed E-state index contributed by atoms with van der Waals surface area (Å²) >= 11 is 0. The minimum absolute atomic E-state index is 0.1000. The fourth-order valence-electron chi connectivity index (χ4n) is 2.91. The Morgan fingerprint density at radius 3 is 2.27 bits per heavy atom. The van der Waals surface area contributed by atoms with Crippen LogP contribution in [0.3, 0.4) is 0 Å².